The number of hydrogen-bond donors (Lipinski definition) is 3. The predicted octanol–water partition coefficient (Wildman–Crippen LogP) is -0.304. The van der Waals surface area contributed by atoms with Crippen LogP contribution in [0.3, 0.4) is 0 Å². The number of imide groups is 1. The maximum atomic E-state index is 11.3. The maximum absolute atomic E-state index is 11.3. The van der Waals surface area contributed by atoms with Crippen molar-refractivity contribution < 1.29 is 27.6 Å². The number of carbonyl (C=O) groups is 3. The van der Waals surface area contributed by atoms with E-state index in [1.807, 2.05) is 0 Å². The molecule has 0 aromatic heterocycles. The van der Waals surface area contributed by atoms with Gasteiger partial charge in [0.05, 0.1) is 0 Å². The molecule has 0 aromatic carbocycles. The average Bonchev–Trinajstić information content (AvgIpc) is 2.55. The molecule has 2 aliphatic rings. The number of hydrogen-bond acceptors (Lipinski definition) is 4. The largest absolute Gasteiger partial charge is 0.446 e. The molecule has 0 radical (unpaired) electrons. The molecule has 2 fully saturated rings. The molecule has 18 heavy (non-hydrogen) atoms. The van der Waals surface area contributed by atoms with Crippen LogP contribution in [0.25, 0.3) is 0 Å². The van der Waals surface area contributed by atoms with Gasteiger partial charge in [-0.2, -0.15) is 13.2 Å². The Kier molecular flexibility index (Phi) is 4.28. The van der Waals surface area contributed by atoms with Crippen LogP contribution in [-0.4, -0.2) is 43.0 Å². The maximum Gasteiger partial charge on any atom is 0.446 e. The Morgan fingerprint density at radius 1 is 1.17 bits per heavy atom. The van der Waals surface area contributed by atoms with Crippen LogP contribution in [0.15, 0.2) is 0 Å². The highest BCUT2D eigenvalue weighted by Crippen LogP contribution is 2.21. The summed E-state index contributed by atoms with van der Waals surface area (Å²) in [6, 6.07) is -0.359. The fourth-order valence-electron chi connectivity index (χ4n) is 1.73. The van der Waals surface area contributed by atoms with E-state index in [2.05, 4.69) is 16.0 Å². The molecule has 2 aliphatic heterocycles. The van der Waals surface area contributed by atoms with Gasteiger partial charge in [0.25, 0.3) is 5.91 Å². The molecule has 6 nitrogen and oxygen atoms in total. The Bertz CT molecular complexity index is 351. The number of nitrogens with one attached hydrogen (secondary N) is 3. The Hall–Kier alpha value is -1.64. The summed E-state index contributed by atoms with van der Waals surface area (Å²) in [6.07, 6.45) is -4.33. The van der Waals surface area contributed by atoms with E-state index in [0.717, 1.165) is 13.1 Å². The van der Waals surface area contributed by atoms with Crippen LogP contribution in [0.1, 0.15) is 12.8 Å². The van der Waals surface area contributed by atoms with Crippen LogP contribution in [-0.2, 0) is 9.59 Å². The molecular formula is C9H12F3N3O3. The van der Waals surface area contributed by atoms with Crippen LogP contribution >= 0.6 is 0 Å². The van der Waals surface area contributed by atoms with Crippen molar-refractivity contribution in [1.29, 1.82) is 0 Å². The SMILES string of the molecule is O=C1NC(=O)C2(CCNCC2)N1.O=CC(F)(F)F. The number of halogens is 3. The highest BCUT2D eigenvalue weighted by atomic mass is 19.4. The second-order valence-electron chi connectivity index (χ2n) is 3.90. The molecule has 0 atom stereocenters. The molecule has 0 aliphatic carbocycles. The van der Waals surface area contributed by atoms with Crippen molar-refractivity contribution in [1.82, 2.24) is 16.0 Å². The molecular weight excluding hydrogens is 255 g/mol. The molecule has 0 saturated carbocycles. The summed E-state index contributed by atoms with van der Waals surface area (Å²) in [7, 11) is 0. The van der Waals surface area contributed by atoms with Gasteiger partial charge < -0.3 is 10.6 Å². The summed E-state index contributed by atoms with van der Waals surface area (Å²) < 4.78 is 31.2. The van der Waals surface area contributed by atoms with Crippen molar-refractivity contribution in [2.45, 2.75) is 24.6 Å². The van der Waals surface area contributed by atoms with Gasteiger partial charge in [0, 0.05) is 0 Å². The van der Waals surface area contributed by atoms with E-state index in [1.54, 1.807) is 0 Å². The molecule has 3 amide bonds. The minimum atomic E-state index is -4.64. The molecule has 102 valence electrons. The summed E-state index contributed by atoms with van der Waals surface area (Å²) in [4.78, 5) is 30.9. The minimum Gasteiger partial charge on any atom is -0.323 e. The number of alkyl halides is 3. The van der Waals surface area contributed by atoms with Crippen LogP contribution < -0.4 is 16.0 Å². The van der Waals surface area contributed by atoms with Crippen molar-refractivity contribution in [2.75, 3.05) is 13.1 Å². The van der Waals surface area contributed by atoms with Crippen molar-refractivity contribution in [3.8, 4) is 0 Å². The Morgan fingerprint density at radius 2 is 1.67 bits per heavy atom. The summed E-state index contributed by atoms with van der Waals surface area (Å²) in [6.45, 7) is 1.57. The molecule has 0 unspecified atom stereocenters. The van der Waals surface area contributed by atoms with Crippen LogP contribution in [0, 0.1) is 0 Å². The van der Waals surface area contributed by atoms with E-state index in [-0.39, 0.29) is 11.9 Å². The zero-order chi connectivity index (χ0) is 13.8. The minimum absolute atomic E-state index is 0.172. The van der Waals surface area contributed by atoms with E-state index in [1.165, 1.54) is 0 Å². The van der Waals surface area contributed by atoms with Gasteiger partial charge in [-0.1, -0.05) is 0 Å². The Labute approximate surface area is 100 Å². The van der Waals surface area contributed by atoms with E-state index in [9.17, 15) is 22.8 Å². The Morgan fingerprint density at radius 3 is 2.00 bits per heavy atom. The Balaban J connectivity index is 0.000000232. The molecule has 2 saturated heterocycles. The normalized spacial score (nSPS) is 21.7. The molecule has 2 rings (SSSR count). The third kappa shape index (κ3) is 3.69. The average molecular weight is 267 g/mol. The lowest BCUT2D eigenvalue weighted by molar-refractivity contribution is -0.156. The predicted molar refractivity (Wildman–Crippen MR) is 53.6 cm³/mol. The molecule has 2 heterocycles. The van der Waals surface area contributed by atoms with Crippen molar-refractivity contribution in [3.63, 3.8) is 0 Å². The first kappa shape index (κ1) is 14.4. The quantitative estimate of drug-likeness (QED) is 0.415. The number of rotatable bonds is 0. The van der Waals surface area contributed by atoms with Crippen LogP contribution in [0.2, 0.25) is 0 Å². The van der Waals surface area contributed by atoms with Gasteiger partial charge in [-0.15, -0.1) is 0 Å². The van der Waals surface area contributed by atoms with Crippen molar-refractivity contribution in [2.24, 2.45) is 0 Å². The van der Waals surface area contributed by atoms with Crippen molar-refractivity contribution >= 4 is 18.2 Å². The number of piperidine rings is 1. The van der Waals surface area contributed by atoms with Gasteiger partial charge in [0.15, 0.2) is 0 Å². The van der Waals surface area contributed by atoms with Gasteiger partial charge in [0.2, 0.25) is 6.29 Å². The second-order valence-corrected chi connectivity index (χ2v) is 3.90. The summed E-state index contributed by atoms with van der Waals surface area (Å²) in [5.41, 5.74) is -0.609. The molecule has 9 heteroatoms. The first-order chi connectivity index (χ1) is 8.29. The number of amides is 3. The summed E-state index contributed by atoms with van der Waals surface area (Å²) >= 11 is 0. The van der Waals surface area contributed by atoms with Gasteiger partial charge in [-0.05, 0) is 25.9 Å². The molecule has 0 aromatic rings. The van der Waals surface area contributed by atoms with Gasteiger partial charge >= 0.3 is 12.2 Å². The molecule has 3 N–H and O–H groups in total. The third-order valence-corrected chi connectivity index (χ3v) is 2.61. The lowest BCUT2D eigenvalue weighted by Gasteiger charge is -2.30. The molecule has 1 spiro atoms. The monoisotopic (exact) mass is 267 g/mol. The zero-order valence-electron chi connectivity index (χ0n) is 9.26. The third-order valence-electron chi connectivity index (χ3n) is 2.61. The van der Waals surface area contributed by atoms with Crippen molar-refractivity contribution in [3.05, 3.63) is 0 Å². The zero-order valence-corrected chi connectivity index (χ0v) is 9.26. The molecule has 0 bridgehead atoms. The first-order valence-electron chi connectivity index (χ1n) is 5.16. The standard InChI is InChI=1S/C7H11N3O2.C2HF3O/c11-5-7(10-6(12)9-5)1-3-8-4-2-7;3-2(4,5)1-6/h8H,1-4H2,(H2,9,10,11,12);1H. The lowest BCUT2D eigenvalue weighted by Crippen LogP contribution is -2.53. The topological polar surface area (TPSA) is 87.3 Å². The number of urea groups is 1. The fraction of sp³-hybridized carbons (Fsp3) is 0.667. The highest BCUT2D eigenvalue weighted by Gasteiger charge is 2.46. The van der Waals surface area contributed by atoms with Crippen LogP contribution in [0.5, 0.6) is 0 Å². The first-order valence-corrected chi connectivity index (χ1v) is 5.16. The van der Waals surface area contributed by atoms with E-state index in [4.69, 9.17) is 4.79 Å². The van der Waals surface area contributed by atoms with Crippen LogP contribution in [0.4, 0.5) is 18.0 Å². The summed E-state index contributed by atoms with van der Waals surface area (Å²) in [5.74, 6) is -0.172. The van der Waals surface area contributed by atoms with E-state index < -0.39 is 18.0 Å². The number of carbonyl (C=O) groups excluding carboxylic acids is 3. The van der Waals surface area contributed by atoms with Gasteiger partial charge in [-0.25, -0.2) is 4.79 Å². The van der Waals surface area contributed by atoms with Gasteiger partial charge in [-0.3, -0.25) is 14.9 Å². The lowest BCUT2D eigenvalue weighted by atomic mass is 9.89. The van der Waals surface area contributed by atoms with E-state index in [0.29, 0.717) is 12.8 Å². The smallest absolute Gasteiger partial charge is 0.323 e. The highest BCUT2D eigenvalue weighted by molar-refractivity contribution is 6.07. The second kappa shape index (κ2) is 5.34. The number of aldehydes is 1. The van der Waals surface area contributed by atoms with Gasteiger partial charge in [0.1, 0.15) is 5.54 Å². The summed E-state index contributed by atoms with van der Waals surface area (Å²) in [5, 5.41) is 8.08. The van der Waals surface area contributed by atoms with E-state index >= 15 is 0 Å². The fourth-order valence-corrected chi connectivity index (χ4v) is 1.73.